The van der Waals surface area contributed by atoms with Crippen LogP contribution < -0.4 is 11.7 Å². The van der Waals surface area contributed by atoms with Gasteiger partial charge in [0.05, 0.1) is 5.34 Å². The molecular weight excluding hydrogens is 349 g/mol. The summed E-state index contributed by atoms with van der Waals surface area (Å²) < 4.78 is 154. The Morgan fingerprint density at radius 2 is 0.810 bits per heavy atom. The molecule has 0 atom stereocenters. The molecule has 0 aliphatic carbocycles. The van der Waals surface area contributed by atoms with Crippen molar-refractivity contribution < 1.29 is 57.3 Å². The second-order valence-corrected chi connectivity index (χ2v) is 3.00. The molecule has 0 rings (SSSR count). The van der Waals surface area contributed by atoms with Crippen LogP contribution in [0.1, 0.15) is 0 Å². The average Bonchev–Trinajstić information content (AvgIpc) is 2.29. The van der Waals surface area contributed by atoms with Gasteiger partial charge >= 0.3 is 30.0 Å². The van der Waals surface area contributed by atoms with E-state index in [1.165, 1.54) is 0 Å². The van der Waals surface area contributed by atoms with E-state index in [0.717, 1.165) is 0 Å². The Kier molecular flexibility index (Phi) is 6.35. The molecule has 0 bridgehead atoms. The second-order valence-electron chi connectivity index (χ2n) is 3.00. The van der Waals surface area contributed by atoms with Crippen LogP contribution in [0, 0.1) is 0 Å². The Bertz CT molecular complexity index is 333. The van der Waals surface area contributed by atoms with Gasteiger partial charge in [0, 0.05) is 0 Å². The smallest absolute Gasteiger partial charge is 0.274 e. The Morgan fingerprint density at radius 1 is 0.524 bits per heavy atom. The minimum atomic E-state index is -7.82. The van der Waals surface area contributed by atoms with Gasteiger partial charge in [-0.15, -0.1) is 0 Å². The minimum Gasteiger partial charge on any atom is -0.274 e. The number of hydrazine groups is 1. The van der Waals surface area contributed by atoms with E-state index in [1.807, 2.05) is 0 Å². The number of halogens is 13. The van der Waals surface area contributed by atoms with Crippen LogP contribution >= 0.6 is 0 Å². The molecule has 0 aliphatic rings. The lowest BCUT2D eigenvalue weighted by Gasteiger charge is -2.36. The van der Waals surface area contributed by atoms with E-state index in [0.29, 0.717) is 0 Å². The van der Waals surface area contributed by atoms with E-state index in [9.17, 15) is 57.3 Å². The summed E-state index contributed by atoms with van der Waals surface area (Å²) in [5.41, 5.74) is 0. The molecule has 0 radical (unpaired) electrons. The second kappa shape index (κ2) is 5.99. The predicted octanol–water partition coefficient (Wildman–Crippen LogP) is 2.94. The summed E-state index contributed by atoms with van der Waals surface area (Å²) in [7, 11) is 0. The summed E-state index contributed by atoms with van der Waals surface area (Å²) in [5.74, 6) is -15.2. The molecule has 0 heterocycles. The molecule has 0 saturated carbocycles. The highest BCUT2D eigenvalue weighted by atomic mass is 19.4. The molecule has 0 aromatic rings. The van der Waals surface area contributed by atoms with Gasteiger partial charge in [-0.1, -0.05) is 8.96 Å². The summed E-state index contributed by atoms with van der Waals surface area (Å²) in [6.07, 6.45) is -7.37. The highest BCUT2D eigenvalue weighted by molar-refractivity contribution is 5.04. The van der Waals surface area contributed by atoms with Crippen LogP contribution in [0.5, 0.6) is 0 Å². The molecule has 4 N–H and O–H groups in total. The average molecular weight is 353 g/mol. The Hall–Kier alpha value is -1.03. The Labute approximate surface area is 106 Å². The lowest BCUT2D eigenvalue weighted by molar-refractivity contribution is -0.471. The summed E-state index contributed by atoms with van der Waals surface area (Å²) in [5, 5.41) is -3.90. The minimum absolute atomic E-state index is 3.90. The quantitative estimate of drug-likeness (QED) is 0.269. The number of nitrogens with two attached hydrogens (primary N) is 2. The molecule has 0 amide bonds. The van der Waals surface area contributed by atoms with Crippen LogP contribution in [0.25, 0.3) is 0 Å². The fourth-order valence-corrected chi connectivity index (χ4v) is 0.670. The van der Waals surface area contributed by atoms with E-state index in [-0.39, 0.29) is 0 Å². The van der Waals surface area contributed by atoms with Crippen molar-refractivity contribution >= 4 is 0 Å². The first-order valence-electron chi connectivity index (χ1n) is 3.97. The topological polar surface area (TPSA) is 55.3 Å². The first kappa shape index (κ1) is 22.3. The third kappa shape index (κ3) is 3.25. The third-order valence-corrected chi connectivity index (χ3v) is 1.73. The molecule has 0 saturated heterocycles. The molecule has 16 heteroatoms. The molecule has 21 heavy (non-hydrogen) atoms. The lowest BCUT2D eigenvalue weighted by atomic mass is 10.0. The summed E-state index contributed by atoms with van der Waals surface area (Å²) in [6.45, 7) is 0. The maximum atomic E-state index is 12.3. The van der Waals surface area contributed by atoms with Crippen LogP contribution in [-0.2, 0) is 0 Å². The monoisotopic (exact) mass is 353 g/mol. The number of alkyl halides is 11. The molecule has 0 aromatic carbocycles. The Morgan fingerprint density at radius 3 is 1.00 bits per heavy atom. The summed E-state index contributed by atoms with van der Waals surface area (Å²) in [4.78, 5) is 0. The first-order valence-corrected chi connectivity index (χ1v) is 3.97. The van der Waals surface area contributed by atoms with Crippen LogP contribution in [0.3, 0.4) is 0 Å². The van der Waals surface area contributed by atoms with Crippen molar-refractivity contribution in [3.05, 3.63) is 0 Å². The standard InChI is InChI=1S/C5F13N.H4N2/c6-1(7,2(8,9)4(12,13)14)3(10,11)5(15,16)19(17)18;1-2/h;1-2H2. The third-order valence-electron chi connectivity index (χ3n) is 1.73. The highest BCUT2D eigenvalue weighted by Gasteiger charge is 2.88. The fraction of sp³-hybridized carbons (Fsp3) is 1.00. The van der Waals surface area contributed by atoms with Gasteiger partial charge in [-0.25, -0.2) is 0 Å². The van der Waals surface area contributed by atoms with Crippen molar-refractivity contribution in [3.63, 3.8) is 0 Å². The van der Waals surface area contributed by atoms with Crippen LogP contribution in [-0.4, -0.2) is 35.3 Å². The zero-order valence-electron chi connectivity index (χ0n) is 9.02. The van der Waals surface area contributed by atoms with Gasteiger partial charge in [0.1, 0.15) is 0 Å². The van der Waals surface area contributed by atoms with Gasteiger partial charge in [-0.2, -0.15) is 48.3 Å². The van der Waals surface area contributed by atoms with Gasteiger partial charge in [-0.05, 0) is 0 Å². The molecule has 0 fully saturated rings. The van der Waals surface area contributed by atoms with E-state index in [2.05, 4.69) is 11.7 Å². The van der Waals surface area contributed by atoms with Crippen molar-refractivity contribution in [1.29, 1.82) is 0 Å². The maximum Gasteiger partial charge on any atom is 0.460 e. The zero-order valence-corrected chi connectivity index (χ0v) is 9.02. The number of hydrogen-bond acceptors (Lipinski definition) is 3. The van der Waals surface area contributed by atoms with Gasteiger partial charge in [-0.3, -0.25) is 11.7 Å². The number of rotatable bonds is 4. The van der Waals surface area contributed by atoms with E-state index in [4.69, 9.17) is 0 Å². The maximum absolute atomic E-state index is 12.3. The van der Waals surface area contributed by atoms with Crippen molar-refractivity contribution in [1.82, 2.24) is 5.34 Å². The van der Waals surface area contributed by atoms with Crippen LogP contribution in [0.2, 0.25) is 0 Å². The van der Waals surface area contributed by atoms with E-state index < -0.39 is 35.3 Å². The van der Waals surface area contributed by atoms with Crippen molar-refractivity contribution in [2.75, 3.05) is 0 Å². The molecular formula is C5H4F13N3. The SMILES string of the molecule is FN(F)C(F)(F)C(F)(F)C(F)(F)C(F)(F)C(F)(F)F.NN. The molecule has 0 unspecified atom stereocenters. The predicted molar refractivity (Wildman–Crippen MR) is 38.3 cm³/mol. The normalized spacial score (nSPS) is 14.9. The fourth-order valence-electron chi connectivity index (χ4n) is 0.670. The van der Waals surface area contributed by atoms with Crippen molar-refractivity contribution in [2.24, 2.45) is 11.7 Å². The van der Waals surface area contributed by atoms with E-state index in [1.54, 1.807) is 0 Å². The van der Waals surface area contributed by atoms with Crippen LogP contribution in [0.4, 0.5) is 57.3 Å². The molecule has 0 aromatic heterocycles. The largest absolute Gasteiger partial charge is 0.460 e. The molecule has 3 nitrogen and oxygen atoms in total. The lowest BCUT2D eigenvalue weighted by Crippen LogP contribution is -2.68. The van der Waals surface area contributed by atoms with Gasteiger partial charge in [0.2, 0.25) is 0 Å². The van der Waals surface area contributed by atoms with Crippen LogP contribution in [0.15, 0.2) is 0 Å². The zero-order chi connectivity index (χ0) is 18.1. The Balaban J connectivity index is 0. The van der Waals surface area contributed by atoms with E-state index >= 15 is 0 Å². The number of nitrogens with zero attached hydrogens (tertiary/aromatic N) is 1. The number of hydrogen-bond donors (Lipinski definition) is 2. The first-order chi connectivity index (χ1) is 8.94. The molecule has 0 spiro atoms. The van der Waals surface area contributed by atoms with Gasteiger partial charge in [0.25, 0.3) is 0 Å². The van der Waals surface area contributed by atoms with Gasteiger partial charge < -0.3 is 0 Å². The van der Waals surface area contributed by atoms with Crippen molar-refractivity contribution in [3.8, 4) is 0 Å². The molecule has 130 valence electrons. The molecule has 0 aliphatic heterocycles. The highest BCUT2D eigenvalue weighted by Crippen LogP contribution is 2.57. The summed E-state index contributed by atoms with van der Waals surface area (Å²) >= 11 is 0. The van der Waals surface area contributed by atoms with Gasteiger partial charge in [0.15, 0.2) is 0 Å². The van der Waals surface area contributed by atoms with Crippen molar-refractivity contribution in [2.45, 2.75) is 30.0 Å². The summed E-state index contributed by atoms with van der Waals surface area (Å²) in [6, 6.07) is -7.26.